The molecular formula is C13H11NO. The van der Waals surface area contributed by atoms with Crippen molar-refractivity contribution < 1.29 is 4.79 Å². The van der Waals surface area contributed by atoms with E-state index < -0.39 is 0 Å². The maximum atomic E-state index is 11.6. The number of allylic oxidation sites excluding steroid dienone is 5. The second kappa shape index (κ2) is 4.51. The highest BCUT2D eigenvalue weighted by atomic mass is 16.1. The number of ketones is 1. The van der Waals surface area contributed by atoms with Gasteiger partial charge in [0.25, 0.3) is 0 Å². The van der Waals surface area contributed by atoms with E-state index in [2.05, 4.69) is 4.98 Å². The molecule has 2 nitrogen and oxygen atoms in total. The monoisotopic (exact) mass is 197 g/mol. The SMILES string of the molecule is O=C(/C=C/c1ccncc1)C1C=CC=C1. The molecule has 0 spiro atoms. The molecule has 0 fully saturated rings. The Morgan fingerprint density at radius 2 is 1.87 bits per heavy atom. The summed E-state index contributed by atoms with van der Waals surface area (Å²) in [5.74, 6) is 0.0277. The van der Waals surface area contributed by atoms with Crippen molar-refractivity contribution in [3.8, 4) is 0 Å². The van der Waals surface area contributed by atoms with Gasteiger partial charge in [-0.1, -0.05) is 30.4 Å². The lowest BCUT2D eigenvalue weighted by Crippen LogP contribution is -2.03. The first-order chi connectivity index (χ1) is 7.36. The van der Waals surface area contributed by atoms with E-state index in [-0.39, 0.29) is 11.7 Å². The molecule has 1 aromatic rings. The zero-order valence-corrected chi connectivity index (χ0v) is 8.21. The van der Waals surface area contributed by atoms with E-state index in [1.165, 1.54) is 0 Å². The second-order valence-corrected chi connectivity index (χ2v) is 3.31. The molecule has 0 aliphatic heterocycles. The lowest BCUT2D eigenvalue weighted by molar-refractivity contribution is -0.115. The van der Waals surface area contributed by atoms with Gasteiger partial charge in [-0.2, -0.15) is 0 Å². The first-order valence-corrected chi connectivity index (χ1v) is 4.83. The minimum atomic E-state index is -0.0805. The van der Waals surface area contributed by atoms with Crippen LogP contribution in [-0.2, 0) is 4.79 Å². The Hall–Kier alpha value is -1.96. The summed E-state index contributed by atoms with van der Waals surface area (Å²) < 4.78 is 0. The number of carbonyl (C=O) groups excluding carboxylic acids is 1. The number of nitrogens with zero attached hydrogens (tertiary/aromatic N) is 1. The molecule has 2 heteroatoms. The van der Waals surface area contributed by atoms with Gasteiger partial charge < -0.3 is 0 Å². The van der Waals surface area contributed by atoms with Gasteiger partial charge in [-0.05, 0) is 23.8 Å². The van der Waals surface area contributed by atoms with E-state index in [4.69, 9.17) is 0 Å². The maximum Gasteiger partial charge on any atom is 0.166 e. The Balaban J connectivity index is 2.03. The van der Waals surface area contributed by atoms with Crippen LogP contribution < -0.4 is 0 Å². The minimum absolute atomic E-state index is 0.0805. The Morgan fingerprint density at radius 1 is 1.20 bits per heavy atom. The van der Waals surface area contributed by atoms with Crippen molar-refractivity contribution in [1.82, 2.24) is 4.98 Å². The summed E-state index contributed by atoms with van der Waals surface area (Å²) in [6, 6.07) is 3.73. The molecule has 0 saturated heterocycles. The molecule has 1 heterocycles. The molecule has 2 rings (SSSR count). The lowest BCUT2D eigenvalue weighted by atomic mass is 10.1. The van der Waals surface area contributed by atoms with Gasteiger partial charge in [0.15, 0.2) is 5.78 Å². The Morgan fingerprint density at radius 3 is 2.53 bits per heavy atom. The van der Waals surface area contributed by atoms with Crippen LogP contribution in [0.25, 0.3) is 6.08 Å². The number of aromatic nitrogens is 1. The molecule has 74 valence electrons. The van der Waals surface area contributed by atoms with Crippen molar-refractivity contribution in [3.63, 3.8) is 0 Å². The highest BCUT2D eigenvalue weighted by Crippen LogP contribution is 2.11. The highest BCUT2D eigenvalue weighted by Gasteiger charge is 2.10. The van der Waals surface area contributed by atoms with Crippen LogP contribution in [0, 0.1) is 5.92 Å². The van der Waals surface area contributed by atoms with Gasteiger partial charge in [0.05, 0.1) is 5.92 Å². The van der Waals surface area contributed by atoms with Crippen molar-refractivity contribution in [2.75, 3.05) is 0 Å². The van der Waals surface area contributed by atoms with Crippen LogP contribution >= 0.6 is 0 Å². The normalized spacial score (nSPS) is 15.2. The number of hydrogen-bond acceptors (Lipinski definition) is 2. The van der Waals surface area contributed by atoms with E-state index in [9.17, 15) is 4.79 Å². The third-order valence-electron chi connectivity index (χ3n) is 2.22. The Labute approximate surface area is 88.7 Å². The van der Waals surface area contributed by atoms with Crippen molar-refractivity contribution in [1.29, 1.82) is 0 Å². The van der Waals surface area contributed by atoms with Crippen LogP contribution in [-0.4, -0.2) is 10.8 Å². The lowest BCUT2D eigenvalue weighted by Gasteiger charge is -1.97. The van der Waals surface area contributed by atoms with Crippen molar-refractivity contribution in [3.05, 3.63) is 60.5 Å². The number of rotatable bonds is 3. The molecular weight excluding hydrogens is 186 g/mol. The van der Waals surface area contributed by atoms with Crippen LogP contribution in [0.15, 0.2) is 54.9 Å². The van der Waals surface area contributed by atoms with Crippen LogP contribution in [0.1, 0.15) is 5.56 Å². The summed E-state index contributed by atoms with van der Waals surface area (Å²) >= 11 is 0. The second-order valence-electron chi connectivity index (χ2n) is 3.31. The molecule has 1 aromatic heterocycles. The first-order valence-electron chi connectivity index (χ1n) is 4.83. The van der Waals surface area contributed by atoms with E-state index in [1.54, 1.807) is 18.5 Å². The van der Waals surface area contributed by atoms with Gasteiger partial charge in [-0.25, -0.2) is 0 Å². The summed E-state index contributed by atoms with van der Waals surface area (Å²) in [5.41, 5.74) is 0.990. The smallest absolute Gasteiger partial charge is 0.166 e. The zero-order valence-electron chi connectivity index (χ0n) is 8.21. The van der Waals surface area contributed by atoms with Crippen molar-refractivity contribution in [2.45, 2.75) is 0 Å². The third kappa shape index (κ3) is 2.50. The van der Waals surface area contributed by atoms with E-state index in [1.807, 2.05) is 42.5 Å². The molecule has 1 aliphatic rings. The molecule has 0 saturated carbocycles. The van der Waals surface area contributed by atoms with Crippen LogP contribution in [0.4, 0.5) is 0 Å². The summed E-state index contributed by atoms with van der Waals surface area (Å²) in [6.45, 7) is 0. The van der Waals surface area contributed by atoms with Gasteiger partial charge in [0.2, 0.25) is 0 Å². The quantitative estimate of drug-likeness (QED) is 0.696. The molecule has 15 heavy (non-hydrogen) atoms. The molecule has 0 amide bonds. The fourth-order valence-electron chi connectivity index (χ4n) is 1.39. The van der Waals surface area contributed by atoms with Gasteiger partial charge >= 0.3 is 0 Å². The summed E-state index contributed by atoms with van der Waals surface area (Å²) in [7, 11) is 0. The van der Waals surface area contributed by atoms with Crippen LogP contribution in [0.2, 0.25) is 0 Å². The van der Waals surface area contributed by atoms with Gasteiger partial charge in [-0.3, -0.25) is 9.78 Å². The summed E-state index contributed by atoms with van der Waals surface area (Å²) in [6.07, 6.45) is 14.4. The number of carbonyl (C=O) groups is 1. The fraction of sp³-hybridized carbons (Fsp3) is 0.0769. The molecule has 0 atom stereocenters. The molecule has 0 unspecified atom stereocenters. The molecule has 0 aromatic carbocycles. The molecule has 0 N–H and O–H groups in total. The first kappa shape index (κ1) is 9.59. The van der Waals surface area contributed by atoms with E-state index in [0.717, 1.165) is 5.56 Å². The third-order valence-corrected chi connectivity index (χ3v) is 2.22. The van der Waals surface area contributed by atoms with Crippen LogP contribution in [0.3, 0.4) is 0 Å². The van der Waals surface area contributed by atoms with Crippen molar-refractivity contribution >= 4 is 11.9 Å². The average Bonchev–Trinajstić information content (AvgIpc) is 2.81. The highest BCUT2D eigenvalue weighted by molar-refractivity contribution is 5.98. The van der Waals surface area contributed by atoms with E-state index >= 15 is 0 Å². The molecule has 0 bridgehead atoms. The predicted molar refractivity (Wildman–Crippen MR) is 60.0 cm³/mol. The zero-order chi connectivity index (χ0) is 10.5. The van der Waals surface area contributed by atoms with Gasteiger partial charge in [-0.15, -0.1) is 0 Å². The molecule has 1 aliphatic carbocycles. The fourth-order valence-corrected chi connectivity index (χ4v) is 1.39. The van der Waals surface area contributed by atoms with Gasteiger partial charge in [0.1, 0.15) is 0 Å². The topological polar surface area (TPSA) is 30.0 Å². The van der Waals surface area contributed by atoms with Gasteiger partial charge in [0, 0.05) is 12.4 Å². The summed E-state index contributed by atoms with van der Waals surface area (Å²) in [5, 5.41) is 0. The predicted octanol–water partition coefficient (Wildman–Crippen LogP) is 2.41. The number of pyridine rings is 1. The standard InChI is InChI=1S/C13H11NO/c15-13(12-3-1-2-4-12)6-5-11-7-9-14-10-8-11/h1-10,12H/b6-5+. The molecule has 0 radical (unpaired) electrons. The Kier molecular flexibility index (Phi) is 2.88. The summed E-state index contributed by atoms with van der Waals surface area (Å²) in [4.78, 5) is 15.5. The van der Waals surface area contributed by atoms with E-state index in [0.29, 0.717) is 0 Å². The number of hydrogen-bond donors (Lipinski definition) is 0. The Bertz CT molecular complexity index is 417. The van der Waals surface area contributed by atoms with Crippen molar-refractivity contribution in [2.24, 2.45) is 5.92 Å². The van der Waals surface area contributed by atoms with Crippen LogP contribution in [0.5, 0.6) is 0 Å². The minimum Gasteiger partial charge on any atom is -0.294 e. The average molecular weight is 197 g/mol. The largest absolute Gasteiger partial charge is 0.294 e. The maximum absolute atomic E-state index is 11.6.